The van der Waals surface area contributed by atoms with Crippen LogP contribution in [0.25, 0.3) is 0 Å². The maximum Gasteiger partial charge on any atom is 0.246 e. The second-order valence-electron chi connectivity index (χ2n) is 6.03. The van der Waals surface area contributed by atoms with Gasteiger partial charge in [-0.3, -0.25) is 4.79 Å². The van der Waals surface area contributed by atoms with Crippen molar-refractivity contribution in [2.75, 3.05) is 6.54 Å². The van der Waals surface area contributed by atoms with Gasteiger partial charge in [-0.1, -0.05) is 70.8 Å². The van der Waals surface area contributed by atoms with Crippen LogP contribution in [0.5, 0.6) is 0 Å². The van der Waals surface area contributed by atoms with Gasteiger partial charge in [0.2, 0.25) is 5.91 Å². The molecule has 1 aliphatic rings. The molecule has 0 atom stereocenters. The van der Waals surface area contributed by atoms with Crippen LogP contribution >= 0.6 is 0 Å². The molecule has 1 aliphatic heterocycles. The van der Waals surface area contributed by atoms with Crippen LogP contribution in [0.1, 0.15) is 77.6 Å². The highest BCUT2D eigenvalue weighted by Crippen LogP contribution is 2.14. The van der Waals surface area contributed by atoms with Gasteiger partial charge in [0.1, 0.15) is 0 Å². The van der Waals surface area contributed by atoms with E-state index in [9.17, 15) is 4.79 Å². The smallest absolute Gasteiger partial charge is 0.246 e. The Morgan fingerprint density at radius 2 is 1.62 bits per heavy atom. The Balaban J connectivity index is 1.96. The predicted molar refractivity (Wildman–Crippen MR) is 89.6 cm³/mol. The van der Waals surface area contributed by atoms with Crippen molar-refractivity contribution in [1.29, 1.82) is 0 Å². The second-order valence-corrected chi connectivity index (χ2v) is 6.03. The molecule has 0 aromatic carbocycles. The summed E-state index contributed by atoms with van der Waals surface area (Å²) >= 11 is 0. The molecule has 3 nitrogen and oxygen atoms in total. The number of allylic oxidation sites excluding steroid dienone is 1. The standard InChI is InChI=1S/C18H32N2O/c1-2-3-4-5-6-7-8-9-10-11-14-20-15-12-13-17(16-20)18(19)21/h12,15-16H,2-11,13-14H2,1H3,(H2,19,21). The summed E-state index contributed by atoms with van der Waals surface area (Å²) < 4.78 is 0. The lowest BCUT2D eigenvalue weighted by atomic mass is 10.1. The van der Waals surface area contributed by atoms with Crippen molar-refractivity contribution >= 4 is 5.91 Å². The molecule has 0 radical (unpaired) electrons. The van der Waals surface area contributed by atoms with Crippen LogP contribution in [0.3, 0.4) is 0 Å². The minimum absolute atomic E-state index is 0.299. The molecule has 1 rings (SSSR count). The number of nitrogens with zero attached hydrogens (tertiary/aromatic N) is 1. The number of carbonyl (C=O) groups excluding carboxylic acids is 1. The summed E-state index contributed by atoms with van der Waals surface area (Å²) in [6.45, 7) is 3.25. The molecule has 0 saturated carbocycles. The molecule has 21 heavy (non-hydrogen) atoms. The highest BCUT2D eigenvalue weighted by Gasteiger charge is 2.09. The number of nitrogens with two attached hydrogens (primary N) is 1. The summed E-state index contributed by atoms with van der Waals surface area (Å²) in [5.41, 5.74) is 6.03. The fraction of sp³-hybridized carbons (Fsp3) is 0.722. The van der Waals surface area contributed by atoms with Gasteiger partial charge in [0.05, 0.1) is 0 Å². The van der Waals surface area contributed by atoms with E-state index >= 15 is 0 Å². The Kier molecular flexibility index (Phi) is 9.68. The molecule has 0 aliphatic carbocycles. The van der Waals surface area contributed by atoms with Gasteiger partial charge >= 0.3 is 0 Å². The highest BCUT2D eigenvalue weighted by molar-refractivity contribution is 5.92. The number of hydrogen-bond acceptors (Lipinski definition) is 2. The summed E-state index contributed by atoms with van der Waals surface area (Å²) in [7, 11) is 0. The zero-order valence-electron chi connectivity index (χ0n) is 13.7. The minimum atomic E-state index is -0.299. The van der Waals surface area contributed by atoms with Gasteiger partial charge in [-0.15, -0.1) is 0 Å². The Morgan fingerprint density at radius 3 is 2.19 bits per heavy atom. The zero-order chi connectivity index (χ0) is 15.3. The summed E-state index contributed by atoms with van der Waals surface area (Å²) in [5, 5.41) is 0. The lowest BCUT2D eigenvalue weighted by Gasteiger charge is -2.20. The van der Waals surface area contributed by atoms with Gasteiger partial charge in [0, 0.05) is 18.3 Å². The molecular weight excluding hydrogens is 260 g/mol. The predicted octanol–water partition coefficient (Wildman–Crippen LogP) is 4.50. The van der Waals surface area contributed by atoms with Gasteiger partial charge in [0.15, 0.2) is 0 Å². The Labute approximate surface area is 130 Å². The summed E-state index contributed by atoms with van der Waals surface area (Å²) in [4.78, 5) is 13.2. The van der Waals surface area contributed by atoms with Crippen LogP contribution in [-0.2, 0) is 4.79 Å². The average molecular weight is 292 g/mol. The van der Waals surface area contributed by atoms with E-state index in [1.165, 1.54) is 64.2 Å². The number of unbranched alkanes of at least 4 members (excludes halogenated alkanes) is 9. The van der Waals surface area contributed by atoms with E-state index in [1.807, 2.05) is 12.3 Å². The molecule has 0 saturated heterocycles. The molecule has 1 heterocycles. The third kappa shape index (κ3) is 8.59. The number of rotatable bonds is 12. The van der Waals surface area contributed by atoms with Gasteiger partial charge < -0.3 is 10.6 Å². The van der Waals surface area contributed by atoms with Crippen molar-refractivity contribution < 1.29 is 4.79 Å². The van der Waals surface area contributed by atoms with E-state index in [2.05, 4.69) is 18.0 Å². The van der Waals surface area contributed by atoms with E-state index in [-0.39, 0.29) is 5.91 Å². The topological polar surface area (TPSA) is 46.3 Å². The monoisotopic (exact) mass is 292 g/mol. The summed E-state index contributed by atoms with van der Waals surface area (Å²) in [6.07, 6.45) is 20.1. The number of amides is 1. The van der Waals surface area contributed by atoms with E-state index in [0.29, 0.717) is 12.0 Å². The van der Waals surface area contributed by atoms with Crippen molar-refractivity contribution in [3.63, 3.8) is 0 Å². The number of primary amides is 1. The molecule has 2 N–H and O–H groups in total. The highest BCUT2D eigenvalue weighted by atomic mass is 16.1. The molecule has 0 fully saturated rings. The Hall–Kier alpha value is -1.25. The van der Waals surface area contributed by atoms with Gasteiger partial charge in [-0.2, -0.15) is 0 Å². The first kappa shape index (κ1) is 17.8. The maximum atomic E-state index is 11.1. The number of carbonyl (C=O) groups is 1. The quantitative estimate of drug-likeness (QED) is 0.538. The molecule has 0 unspecified atom stereocenters. The van der Waals surface area contributed by atoms with Crippen molar-refractivity contribution in [2.24, 2.45) is 5.73 Å². The van der Waals surface area contributed by atoms with Crippen LogP contribution in [0.2, 0.25) is 0 Å². The van der Waals surface area contributed by atoms with E-state index in [4.69, 9.17) is 5.73 Å². The van der Waals surface area contributed by atoms with Gasteiger partial charge in [-0.05, 0) is 19.0 Å². The normalized spacial score (nSPS) is 14.3. The van der Waals surface area contributed by atoms with Crippen molar-refractivity contribution in [3.05, 3.63) is 24.0 Å². The molecule has 0 bridgehead atoms. The summed E-state index contributed by atoms with van der Waals surface area (Å²) in [6, 6.07) is 0. The molecule has 0 spiro atoms. The lowest BCUT2D eigenvalue weighted by Crippen LogP contribution is -2.21. The first-order valence-electron chi connectivity index (χ1n) is 8.67. The largest absolute Gasteiger partial charge is 0.366 e. The summed E-state index contributed by atoms with van der Waals surface area (Å²) in [5.74, 6) is -0.299. The van der Waals surface area contributed by atoms with E-state index in [1.54, 1.807) is 0 Å². The lowest BCUT2D eigenvalue weighted by molar-refractivity contribution is -0.114. The van der Waals surface area contributed by atoms with Crippen molar-refractivity contribution in [3.8, 4) is 0 Å². The van der Waals surface area contributed by atoms with Crippen LogP contribution in [0, 0.1) is 0 Å². The van der Waals surface area contributed by atoms with E-state index in [0.717, 1.165) is 6.54 Å². The van der Waals surface area contributed by atoms with Gasteiger partial charge in [0.25, 0.3) is 0 Å². The average Bonchev–Trinajstić information content (AvgIpc) is 2.49. The van der Waals surface area contributed by atoms with Crippen molar-refractivity contribution in [2.45, 2.75) is 77.6 Å². The molecule has 1 amide bonds. The van der Waals surface area contributed by atoms with Crippen LogP contribution in [0.15, 0.2) is 24.0 Å². The Morgan fingerprint density at radius 1 is 1.05 bits per heavy atom. The fourth-order valence-electron chi connectivity index (χ4n) is 2.70. The second kappa shape index (κ2) is 11.4. The van der Waals surface area contributed by atoms with Crippen LogP contribution in [0.4, 0.5) is 0 Å². The Bertz CT molecular complexity index is 347. The first-order chi connectivity index (χ1) is 10.2. The van der Waals surface area contributed by atoms with Crippen LogP contribution in [-0.4, -0.2) is 17.4 Å². The van der Waals surface area contributed by atoms with E-state index < -0.39 is 0 Å². The zero-order valence-corrected chi connectivity index (χ0v) is 13.7. The maximum absolute atomic E-state index is 11.1. The fourth-order valence-corrected chi connectivity index (χ4v) is 2.70. The third-order valence-electron chi connectivity index (χ3n) is 4.04. The molecule has 0 aromatic heterocycles. The molecule has 0 aromatic rings. The molecule has 3 heteroatoms. The first-order valence-corrected chi connectivity index (χ1v) is 8.67. The third-order valence-corrected chi connectivity index (χ3v) is 4.04. The van der Waals surface area contributed by atoms with Gasteiger partial charge in [-0.25, -0.2) is 0 Å². The minimum Gasteiger partial charge on any atom is -0.366 e. The molecular formula is C18H32N2O. The van der Waals surface area contributed by atoms with Crippen molar-refractivity contribution in [1.82, 2.24) is 4.90 Å². The number of hydrogen-bond donors (Lipinski definition) is 1. The SMILES string of the molecule is CCCCCCCCCCCCN1C=CCC(C(N)=O)=C1. The molecule has 120 valence electrons. The van der Waals surface area contributed by atoms with Crippen LogP contribution < -0.4 is 5.73 Å².